The molecule has 1 fully saturated rings. The Hall–Kier alpha value is -2.13. The van der Waals surface area contributed by atoms with Crippen molar-refractivity contribution in [3.8, 4) is 0 Å². The van der Waals surface area contributed by atoms with Crippen molar-refractivity contribution < 1.29 is 13.2 Å². The molecule has 2 aromatic carbocycles. The summed E-state index contributed by atoms with van der Waals surface area (Å²) in [6.07, 6.45) is 1.80. The van der Waals surface area contributed by atoms with Gasteiger partial charge in [-0.2, -0.15) is 4.31 Å². The van der Waals surface area contributed by atoms with Crippen molar-refractivity contribution in [3.63, 3.8) is 0 Å². The molecule has 0 bridgehead atoms. The molecule has 1 aromatic heterocycles. The fraction of sp³-hybridized carbons (Fsp3) is 0.304. The van der Waals surface area contributed by atoms with Crippen LogP contribution in [0.1, 0.15) is 25.3 Å². The molecular weight excluding hydrogens is 466 g/mol. The predicted molar refractivity (Wildman–Crippen MR) is 130 cm³/mol. The molecule has 1 atom stereocenters. The molecule has 0 spiro atoms. The maximum absolute atomic E-state index is 12.9. The number of carbonyl (C=O) groups excluding carboxylic acids is 1. The molecule has 0 aliphatic carbocycles. The topological polar surface area (TPSA) is 79.4 Å². The molecule has 0 radical (unpaired) electrons. The number of thioether (sulfide) groups is 1. The van der Waals surface area contributed by atoms with Gasteiger partial charge in [-0.05, 0) is 68.7 Å². The first-order chi connectivity index (χ1) is 15.3. The Kier molecular flexibility index (Phi) is 6.76. The number of nitrogens with zero attached hydrogens (tertiary/aromatic N) is 2. The van der Waals surface area contributed by atoms with Crippen molar-refractivity contribution in [2.75, 3.05) is 18.4 Å². The number of aryl methyl sites for hydroxylation is 1. The number of rotatable bonds is 6. The Morgan fingerprint density at radius 2 is 1.88 bits per heavy atom. The Bertz CT molecular complexity index is 1270. The lowest BCUT2D eigenvalue weighted by atomic mass is 10.1. The largest absolute Gasteiger partial charge is 0.324 e. The van der Waals surface area contributed by atoms with E-state index in [0.717, 1.165) is 23.8 Å². The molecule has 2 heterocycles. The van der Waals surface area contributed by atoms with E-state index in [0.29, 0.717) is 39.2 Å². The van der Waals surface area contributed by atoms with Gasteiger partial charge in [-0.15, -0.1) is 0 Å². The number of amides is 1. The number of hydrogen-bond acceptors (Lipinski definition) is 5. The first-order valence-corrected chi connectivity index (χ1v) is 13.1. The van der Waals surface area contributed by atoms with Gasteiger partial charge in [-0.3, -0.25) is 4.79 Å². The van der Waals surface area contributed by atoms with Gasteiger partial charge in [0.25, 0.3) is 0 Å². The Morgan fingerprint density at radius 3 is 2.59 bits per heavy atom. The van der Waals surface area contributed by atoms with Gasteiger partial charge in [0, 0.05) is 18.5 Å². The fourth-order valence-electron chi connectivity index (χ4n) is 3.67. The number of carbonyl (C=O) groups is 1. The quantitative estimate of drug-likeness (QED) is 0.487. The first kappa shape index (κ1) is 23.0. The fourth-order valence-corrected chi connectivity index (χ4v) is 6.32. The van der Waals surface area contributed by atoms with Crippen molar-refractivity contribution in [1.29, 1.82) is 0 Å². The van der Waals surface area contributed by atoms with Gasteiger partial charge in [-0.25, -0.2) is 13.4 Å². The molecule has 6 nitrogen and oxygen atoms in total. The third kappa shape index (κ3) is 4.78. The van der Waals surface area contributed by atoms with E-state index in [9.17, 15) is 13.2 Å². The number of para-hydroxylation sites is 1. The monoisotopic (exact) mass is 489 g/mol. The summed E-state index contributed by atoms with van der Waals surface area (Å²) >= 11 is 7.47. The van der Waals surface area contributed by atoms with E-state index in [4.69, 9.17) is 11.6 Å². The summed E-state index contributed by atoms with van der Waals surface area (Å²) in [5.74, 6) is -0.172. The zero-order chi connectivity index (χ0) is 22.9. The maximum atomic E-state index is 12.9. The highest BCUT2D eigenvalue weighted by Gasteiger charge is 2.27. The van der Waals surface area contributed by atoms with Crippen molar-refractivity contribution in [3.05, 3.63) is 59.1 Å². The number of pyridine rings is 1. The van der Waals surface area contributed by atoms with E-state index in [2.05, 4.69) is 10.3 Å². The minimum atomic E-state index is -3.48. The highest BCUT2D eigenvalue weighted by molar-refractivity contribution is 8.00. The molecule has 1 amide bonds. The van der Waals surface area contributed by atoms with Crippen molar-refractivity contribution >= 4 is 55.9 Å². The normalized spacial score (nSPS) is 15.7. The highest BCUT2D eigenvalue weighted by Crippen LogP contribution is 2.30. The average Bonchev–Trinajstić information content (AvgIpc) is 3.31. The van der Waals surface area contributed by atoms with Gasteiger partial charge in [0.2, 0.25) is 15.9 Å². The highest BCUT2D eigenvalue weighted by atomic mass is 35.5. The Morgan fingerprint density at radius 1 is 1.16 bits per heavy atom. The number of anilines is 1. The molecule has 1 aliphatic rings. The third-order valence-electron chi connectivity index (χ3n) is 5.46. The van der Waals surface area contributed by atoms with Crippen LogP contribution >= 0.6 is 23.4 Å². The number of benzene rings is 2. The van der Waals surface area contributed by atoms with Crippen LogP contribution in [0.25, 0.3) is 10.9 Å². The van der Waals surface area contributed by atoms with E-state index >= 15 is 0 Å². The molecule has 4 rings (SSSR count). The predicted octanol–water partition coefficient (Wildman–Crippen LogP) is 5.10. The Labute approximate surface area is 197 Å². The second-order valence-electron chi connectivity index (χ2n) is 7.80. The summed E-state index contributed by atoms with van der Waals surface area (Å²) in [6.45, 7) is 4.88. The number of sulfonamides is 1. The van der Waals surface area contributed by atoms with Crippen LogP contribution in [-0.2, 0) is 14.8 Å². The van der Waals surface area contributed by atoms with E-state index in [1.54, 1.807) is 40.7 Å². The molecule has 168 valence electrons. The summed E-state index contributed by atoms with van der Waals surface area (Å²) in [5.41, 5.74) is 2.18. The lowest BCUT2D eigenvalue weighted by Gasteiger charge is -2.16. The smallest absolute Gasteiger partial charge is 0.243 e. The molecule has 1 N–H and O–H groups in total. The summed E-state index contributed by atoms with van der Waals surface area (Å²) in [7, 11) is -3.48. The van der Waals surface area contributed by atoms with Gasteiger partial charge < -0.3 is 5.32 Å². The van der Waals surface area contributed by atoms with Gasteiger partial charge >= 0.3 is 0 Å². The molecule has 0 unspecified atom stereocenters. The van der Waals surface area contributed by atoms with Crippen LogP contribution in [0.5, 0.6) is 0 Å². The second kappa shape index (κ2) is 9.39. The SMILES string of the molecule is Cc1cc(S[C@H](C)C(=O)Nc2ccccc2Cl)nc2ccc(S(=O)(=O)N3CCCC3)cc12. The molecular formula is C23H24ClN3O3S2. The summed E-state index contributed by atoms with van der Waals surface area (Å²) in [4.78, 5) is 17.6. The van der Waals surface area contributed by atoms with Crippen LogP contribution in [-0.4, -0.2) is 42.0 Å². The van der Waals surface area contributed by atoms with Crippen molar-refractivity contribution in [2.45, 2.75) is 41.9 Å². The number of hydrogen-bond donors (Lipinski definition) is 1. The van der Waals surface area contributed by atoms with Crippen LogP contribution < -0.4 is 5.32 Å². The second-order valence-corrected chi connectivity index (χ2v) is 11.5. The van der Waals surface area contributed by atoms with Crippen LogP contribution in [0.3, 0.4) is 0 Å². The summed E-state index contributed by atoms with van der Waals surface area (Å²) < 4.78 is 27.3. The van der Waals surface area contributed by atoms with Crippen LogP contribution in [0.4, 0.5) is 5.69 Å². The van der Waals surface area contributed by atoms with Crippen molar-refractivity contribution in [2.24, 2.45) is 0 Å². The summed E-state index contributed by atoms with van der Waals surface area (Å²) in [5, 5.41) is 4.42. The first-order valence-electron chi connectivity index (χ1n) is 10.4. The van der Waals surface area contributed by atoms with E-state index in [1.807, 2.05) is 26.0 Å². The molecule has 3 aromatic rings. The van der Waals surface area contributed by atoms with Gasteiger partial charge in [0.1, 0.15) is 0 Å². The summed E-state index contributed by atoms with van der Waals surface area (Å²) in [6, 6.07) is 14.0. The maximum Gasteiger partial charge on any atom is 0.243 e. The van der Waals surface area contributed by atoms with Crippen LogP contribution in [0.15, 0.2) is 58.5 Å². The van der Waals surface area contributed by atoms with E-state index in [1.165, 1.54) is 11.8 Å². The van der Waals surface area contributed by atoms with Crippen molar-refractivity contribution in [1.82, 2.24) is 9.29 Å². The lowest BCUT2D eigenvalue weighted by molar-refractivity contribution is -0.115. The molecule has 9 heteroatoms. The number of nitrogens with one attached hydrogen (secondary N) is 1. The molecule has 1 saturated heterocycles. The van der Waals surface area contributed by atoms with Crippen LogP contribution in [0, 0.1) is 6.92 Å². The van der Waals surface area contributed by atoms with Gasteiger partial charge in [0.05, 0.1) is 31.4 Å². The standard InChI is InChI=1S/C23H24ClN3O3S2/c1-15-13-22(31-16(2)23(28)26-21-8-4-3-7-19(21)24)25-20-10-9-17(14-18(15)20)32(29,30)27-11-5-6-12-27/h3-4,7-10,13-14,16H,5-6,11-12H2,1-2H3,(H,26,28)/t16-/m1/s1. The van der Waals surface area contributed by atoms with E-state index in [-0.39, 0.29) is 5.91 Å². The third-order valence-corrected chi connectivity index (χ3v) is 8.71. The minimum Gasteiger partial charge on any atom is -0.324 e. The molecule has 0 saturated carbocycles. The Balaban J connectivity index is 1.54. The lowest BCUT2D eigenvalue weighted by Crippen LogP contribution is -2.27. The minimum absolute atomic E-state index is 0.172. The molecule has 32 heavy (non-hydrogen) atoms. The molecule has 1 aliphatic heterocycles. The zero-order valence-corrected chi connectivity index (χ0v) is 20.2. The van der Waals surface area contributed by atoms with Gasteiger partial charge in [0.15, 0.2) is 0 Å². The number of fused-ring (bicyclic) bond motifs is 1. The number of aromatic nitrogens is 1. The van der Waals surface area contributed by atoms with Crippen LogP contribution in [0.2, 0.25) is 5.02 Å². The van der Waals surface area contributed by atoms with Gasteiger partial charge in [-0.1, -0.05) is 35.5 Å². The zero-order valence-electron chi connectivity index (χ0n) is 17.8. The average molecular weight is 490 g/mol. The van der Waals surface area contributed by atoms with E-state index < -0.39 is 15.3 Å². The number of halogens is 1.